The highest BCUT2D eigenvalue weighted by atomic mass is 35.5. The van der Waals surface area contributed by atoms with Crippen LogP contribution in [0, 0.1) is 5.41 Å². The number of hydrogen-bond acceptors (Lipinski definition) is 3. The normalized spacial score (nSPS) is 12.0. The Bertz CT molecular complexity index is 442. The van der Waals surface area contributed by atoms with Gasteiger partial charge in [-0.3, -0.25) is 0 Å². The van der Waals surface area contributed by atoms with Crippen LogP contribution in [0.25, 0.3) is 0 Å². The molecule has 0 bridgehead atoms. The molecule has 0 aliphatic rings. The smallest absolute Gasteiger partial charge is 0.387 e. The summed E-state index contributed by atoms with van der Waals surface area (Å²) in [5.74, 6) is 0.150. The molecular weight excluding hydrogens is 300 g/mol. The van der Waals surface area contributed by atoms with Crippen LogP contribution in [0.5, 0.6) is 5.75 Å². The lowest BCUT2D eigenvalue weighted by Crippen LogP contribution is -2.30. The summed E-state index contributed by atoms with van der Waals surface area (Å²) in [4.78, 5) is 0. The molecule has 0 heterocycles. The van der Waals surface area contributed by atoms with Gasteiger partial charge in [-0.2, -0.15) is 8.78 Å². The first kappa shape index (κ1) is 18.1. The van der Waals surface area contributed by atoms with Crippen molar-refractivity contribution in [1.82, 2.24) is 5.32 Å². The number of ether oxygens (including phenoxy) is 2. The van der Waals surface area contributed by atoms with Gasteiger partial charge in [-0.1, -0.05) is 25.4 Å². The summed E-state index contributed by atoms with van der Waals surface area (Å²) in [5, 5.41) is 3.75. The average Bonchev–Trinajstić information content (AvgIpc) is 2.39. The fourth-order valence-corrected chi connectivity index (χ4v) is 2.09. The van der Waals surface area contributed by atoms with Crippen molar-refractivity contribution >= 4 is 11.6 Å². The third-order valence-electron chi connectivity index (χ3n) is 3.14. The van der Waals surface area contributed by atoms with Crippen molar-refractivity contribution in [2.75, 3.05) is 20.3 Å². The predicted molar refractivity (Wildman–Crippen MR) is 80.1 cm³/mol. The Morgan fingerprint density at radius 1 is 1.33 bits per heavy atom. The highest BCUT2D eigenvalue weighted by Gasteiger charge is 2.17. The van der Waals surface area contributed by atoms with Gasteiger partial charge in [0.25, 0.3) is 0 Å². The van der Waals surface area contributed by atoms with Crippen molar-refractivity contribution in [1.29, 1.82) is 0 Å². The molecule has 1 N–H and O–H groups in total. The quantitative estimate of drug-likeness (QED) is 0.743. The maximum Gasteiger partial charge on any atom is 0.387 e. The molecule has 6 heteroatoms. The summed E-state index contributed by atoms with van der Waals surface area (Å²) >= 11 is 5.90. The van der Waals surface area contributed by atoms with Gasteiger partial charge in [0.1, 0.15) is 5.75 Å². The first-order valence-electron chi connectivity index (χ1n) is 6.77. The van der Waals surface area contributed by atoms with Gasteiger partial charge in [0, 0.05) is 37.4 Å². The van der Waals surface area contributed by atoms with E-state index >= 15 is 0 Å². The minimum Gasteiger partial charge on any atom is -0.434 e. The summed E-state index contributed by atoms with van der Waals surface area (Å²) in [6, 6.07) is 4.63. The summed E-state index contributed by atoms with van der Waals surface area (Å²) < 4.78 is 34.3. The van der Waals surface area contributed by atoms with Crippen LogP contribution in [0.2, 0.25) is 5.02 Å². The number of hydrogen-bond donors (Lipinski definition) is 1. The zero-order valence-corrected chi connectivity index (χ0v) is 13.3. The highest BCUT2D eigenvalue weighted by molar-refractivity contribution is 6.30. The van der Waals surface area contributed by atoms with E-state index in [1.807, 2.05) is 0 Å². The van der Waals surface area contributed by atoms with E-state index in [0.717, 1.165) is 13.0 Å². The number of nitrogens with one attached hydrogen (secondary N) is 1. The van der Waals surface area contributed by atoms with Crippen LogP contribution in [0.15, 0.2) is 18.2 Å². The van der Waals surface area contributed by atoms with E-state index in [-0.39, 0.29) is 11.2 Å². The molecule has 0 spiro atoms. The largest absolute Gasteiger partial charge is 0.434 e. The van der Waals surface area contributed by atoms with E-state index in [0.29, 0.717) is 23.7 Å². The molecule has 120 valence electrons. The second-order valence-electron chi connectivity index (χ2n) is 5.64. The maximum atomic E-state index is 12.4. The number of benzene rings is 1. The van der Waals surface area contributed by atoms with Crippen molar-refractivity contribution in [2.24, 2.45) is 5.41 Å². The first-order chi connectivity index (χ1) is 9.84. The Kier molecular flexibility index (Phi) is 7.35. The van der Waals surface area contributed by atoms with Gasteiger partial charge in [0.05, 0.1) is 0 Å². The molecule has 0 saturated heterocycles. The standard InChI is InChI=1S/C15H22ClF2NO2/c1-15(2,6-7-20-3)10-19-9-11-8-12(16)4-5-13(11)21-14(17)18/h4-5,8,14,19H,6-7,9-10H2,1-3H3. The minimum atomic E-state index is -2.84. The number of halogens is 3. The summed E-state index contributed by atoms with van der Waals surface area (Å²) in [7, 11) is 1.67. The van der Waals surface area contributed by atoms with E-state index in [2.05, 4.69) is 23.9 Å². The van der Waals surface area contributed by atoms with Crippen molar-refractivity contribution in [2.45, 2.75) is 33.4 Å². The molecule has 0 aromatic heterocycles. The summed E-state index contributed by atoms with van der Waals surface area (Å²) in [5.41, 5.74) is 0.670. The fraction of sp³-hybridized carbons (Fsp3) is 0.600. The Balaban J connectivity index is 2.59. The van der Waals surface area contributed by atoms with Crippen LogP contribution in [0.3, 0.4) is 0 Å². The molecule has 0 aliphatic carbocycles. The molecule has 0 fully saturated rings. The molecule has 0 saturated carbocycles. The van der Waals surface area contributed by atoms with Gasteiger partial charge in [-0.15, -0.1) is 0 Å². The van der Waals surface area contributed by atoms with Crippen LogP contribution in [0.1, 0.15) is 25.8 Å². The first-order valence-corrected chi connectivity index (χ1v) is 7.15. The molecule has 0 unspecified atom stereocenters. The molecule has 21 heavy (non-hydrogen) atoms. The summed E-state index contributed by atoms with van der Waals surface area (Å²) in [6.07, 6.45) is 0.909. The molecule has 0 atom stereocenters. The van der Waals surface area contributed by atoms with Gasteiger partial charge in [0.15, 0.2) is 0 Å². The van der Waals surface area contributed by atoms with E-state index in [9.17, 15) is 8.78 Å². The van der Waals surface area contributed by atoms with E-state index in [1.165, 1.54) is 12.1 Å². The van der Waals surface area contributed by atoms with Crippen LogP contribution in [-0.2, 0) is 11.3 Å². The van der Waals surface area contributed by atoms with Crippen LogP contribution >= 0.6 is 11.6 Å². The van der Waals surface area contributed by atoms with E-state index < -0.39 is 6.61 Å². The predicted octanol–water partition coefficient (Wildman–Crippen LogP) is 4.09. The maximum absolute atomic E-state index is 12.4. The van der Waals surface area contributed by atoms with Crippen molar-refractivity contribution < 1.29 is 18.3 Å². The molecule has 1 aromatic carbocycles. The van der Waals surface area contributed by atoms with Gasteiger partial charge in [-0.05, 0) is 30.0 Å². The second-order valence-corrected chi connectivity index (χ2v) is 6.08. The monoisotopic (exact) mass is 321 g/mol. The third kappa shape index (κ3) is 7.07. The molecule has 1 aromatic rings. The van der Waals surface area contributed by atoms with Crippen LogP contribution < -0.4 is 10.1 Å². The minimum absolute atomic E-state index is 0.0539. The van der Waals surface area contributed by atoms with Crippen molar-refractivity contribution in [3.63, 3.8) is 0 Å². The topological polar surface area (TPSA) is 30.5 Å². The van der Waals surface area contributed by atoms with Gasteiger partial charge in [0.2, 0.25) is 0 Å². The SMILES string of the molecule is COCCC(C)(C)CNCc1cc(Cl)ccc1OC(F)F. The second kappa shape index (κ2) is 8.51. The van der Waals surface area contributed by atoms with Gasteiger partial charge in [-0.25, -0.2) is 0 Å². The molecular formula is C15H22ClF2NO2. The molecule has 3 nitrogen and oxygen atoms in total. The molecule has 0 radical (unpaired) electrons. The Morgan fingerprint density at radius 3 is 2.67 bits per heavy atom. The van der Waals surface area contributed by atoms with E-state index in [1.54, 1.807) is 13.2 Å². The Hall–Kier alpha value is -0.910. The number of rotatable bonds is 9. The molecule has 1 rings (SSSR count). The van der Waals surface area contributed by atoms with Gasteiger partial charge < -0.3 is 14.8 Å². The lowest BCUT2D eigenvalue weighted by atomic mass is 9.89. The lowest BCUT2D eigenvalue weighted by Gasteiger charge is -2.25. The zero-order valence-electron chi connectivity index (χ0n) is 12.6. The highest BCUT2D eigenvalue weighted by Crippen LogP contribution is 2.25. The van der Waals surface area contributed by atoms with Crippen molar-refractivity contribution in [3.05, 3.63) is 28.8 Å². The summed E-state index contributed by atoms with van der Waals surface area (Å²) in [6.45, 7) is 3.23. The van der Waals surface area contributed by atoms with E-state index in [4.69, 9.17) is 16.3 Å². The Labute approximate surface area is 129 Å². The third-order valence-corrected chi connectivity index (χ3v) is 3.38. The number of alkyl halides is 2. The van der Waals surface area contributed by atoms with Crippen LogP contribution in [-0.4, -0.2) is 26.9 Å². The van der Waals surface area contributed by atoms with Crippen molar-refractivity contribution in [3.8, 4) is 5.75 Å². The number of methoxy groups -OCH3 is 1. The van der Waals surface area contributed by atoms with Crippen LogP contribution in [0.4, 0.5) is 8.78 Å². The Morgan fingerprint density at radius 2 is 2.05 bits per heavy atom. The molecule has 0 amide bonds. The zero-order chi connectivity index (χ0) is 15.9. The average molecular weight is 322 g/mol. The lowest BCUT2D eigenvalue weighted by molar-refractivity contribution is -0.0505. The fourth-order valence-electron chi connectivity index (χ4n) is 1.90. The van der Waals surface area contributed by atoms with Gasteiger partial charge >= 0.3 is 6.61 Å². The molecule has 0 aliphatic heterocycles.